The van der Waals surface area contributed by atoms with E-state index in [0.29, 0.717) is 0 Å². The lowest BCUT2D eigenvalue weighted by molar-refractivity contribution is 0.532. The fraction of sp³-hybridized carbons (Fsp3) is 0.400. The Morgan fingerprint density at radius 2 is 2.26 bits per heavy atom. The highest BCUT2D eigenvalue weighted by Crippen LogP contribution is 2.23. The molecule has 1 unspecified atom stereocenters. The molecule has 0 saturated carbocycles. The summed E-state index contributed by atoms with van der Waals surface area (Å²) in [7, 11) is 0. The molecule has 0 saturated heterocycles. The minimum atomic E-state index is -0.167. The number of rotatable bonds is 6. The van der Waals surface area contributed by atoms with Crippen molar-refractivity contribution in [3.63, 3.8) is 0 Å². The SMILES string of the molecule is CCCNC(Cc1cc(F)ccc1C)c1cncs1. The minimum Gasteiger partial charge on any atom is -0.309 e. The summed E-state index contributed by atoms with van der Waals surface area (Å²) in [5.41, 5.74) is 4.03. The molecule has 1 N–H and O–H groups in total. The van der Waals surface area contributed by atoms with Gasteiger partial charge in [-0.3, -0.25) is 4.98 Å². The van der Waals surface area contributed by atoms with Crippen molar-refractivity contribution >= 4 is 11.3 Å². The summed E-state index contributed by atoms with van der Waals surface area (Å²) in [5.74, 6) is -0.167. The van der Waals surface area contributed by atoms with E-state index in [0.717, 1.165) is 30.5 Å². The second-order valence-electron chi connectivity index (χ2n) is 4.69. The predicted octanol–water partition coefficient (Wildman–Crippen LogP) is 3.87. The molecular weight excluding hydrogens is 259 g/mol. The van der Waals surface area contributed by atoms with Gasteiger partial charge in [0.05, 0.1) is 5.51 Å². The third kappa shape index (κ3) is 3.85. The molecule has 102 valence electrons. The van der Waals surface area contributed by atoms with E-state index in [1.807, 2.05) is 24.7 Å². The molecule has 0 aliphatic heterocycles. The van der Waals surface area contributed by atoms with Gasteiger partial charge in [-0.1, -0.05) is 13.0 Å². The fourth-order valence-corrected chi connectivity index (χ4v) is 2.77. The first-order valence-corrected chi connectivity index (χ1v) is 7.45. The van der Waals surface area contributed by atoms with E-state index in [1.54, 1.807) is 17.4 Å². The van der Waals surface area contributed by atoms with Gasteiger partial charge < -0.3 is 5.32 Å². The number of aryl methyl sites for hydroxylation is 1. The number of hydrogen-bond donors (Lipinski definition) is 1. The van der Waals surface area contributed by atoms with Gasteiger partial charge in [0.15, 0.2) is 0 Å². The van der Waals surface area contributed by atoms with Crippen molar-refractivity contribution in [3.8, 4) is 0 Å². The standard InChI is InChI=1S/C15H19FN2S/c1-3-6-18-14(15-9-17-10-19-15)8-12-7-13(16)5-4-11(12)2/h4-5,7,9-10,14,18H,3,6,8H2,1-2H3. The molecule has 0 aliphatic carbocycles. The van der Waals surface area contributed by atoms with Crippen molar-refractivity contribution in [2.75, 3.05) is 6.54 Å². The molecule has 1 atom stereocenters. The Hall–Kier alpha value is -1.26. The maximum absolute atomic E-state index is 13.4. The van der Waals surface area contributed by atoms with Crippen LogP contribution in [0.1, 0.15) is 35.4 Å². The maximum atomic E-state index is 13.4. The van der Waals surface area contributed by atoms with Crippen molar-refractivity contribution < 1.29 is 4.39 Å². The number of nitrogens with zero attached hydrogens (tertiary/aromatic N) is 1. The highest BCUT2D eigenvalue weighted by Gasteiger charge is 2.14. The van der Waals surface area contributed by atoms with Crippen LogP contribution in [0.15, 0.2) is 29.9 Å². The molecule has 2 nitrogen and oxygen atoms in total. The lowest BCUT2D eigenvalue weighted by Crippen LogP contribution is -2.23. The van der Waals surface area contributed by atoms with Gasteiger partial charge in [-0.05, 0) is 49.6 Å². The quantitative estimate of drug-likeness (QED) is 0.867. The molecule has 0 radical (unpaired) electrons. The number of thiazole rings is 1. The molecule has 0 amide bonds. The molecule has 0 fully saturated rings. The third-order valence-corrected chi connectivity index (χ3v) is 4.06. The van der Waals surface area contributed by atoms with E-state index in [4.69, 9.17) is 0 Å². The Kier molecular flexibility index (Phi) is 5.05. The molecule has 1 heterocycles. The highest BCUT2D eigenvalue weighted by molar-refractivity contribution is 7.09. The second kappa shape index (κ2) is 6.78. The number of benzene rings is 1. The summed E-state index contributed by atoms with van der Waals surface area (Å²) in [6, 6.07) is 5.21. The number of nitrogens with one attached hydrogen (secondary N) is 1. The summed E-state index contributed by atoms with van der Waals surface area (Å²) < 4.78 is 13.4. The van der Waals surface area contributed by atoms with E-state index >= 15 is 0 Å². The van der Waals surface area contributed by atoms with Crippen LogP contribution in [0.25, 0.3) is 0 Å². The van der Waals surface area contributed by atoms with Crippen LogP contribution in [-0.2, 0) is 6.42 Å². The zero-order valence-corrected chi connectivity index (χ0v) is 12.1. The zero-order valence-electron chi connectivity index (χ0n) is 11.3. The van der Waals surface area contributed by atoms with Gasteiger partial charge in [0, 0.05) is 17.1 Å². The third-order valence-electron chi connectivity index (χ3n) is 3.17. The van der Waals surface area contributed by atoms with Crippen molar-refractivity contribution in [2.45, 2.75) is 32.7 Å². The van der Waals surface area contributed by atoms with E-state index in [2.05, 4.69) is 17.2 Å². The number of halogens is 1. The van der Waals surface area contributed by atoms with Gasteiger partial charge in [-0.25, -0.2) is 4.39 Å². The van der Waals surface area contributed by atoms with Gasteiger partial charge in [0.1, 0.15) is 5.82 Å². The lowest BCUT2D eigenvalue weighted by atomic mass is 10.00. The molecular formula is C15H19FN2S. The molecule has 0 spiro atoms. The fourth-order valence-electron chi connectivity index (χ4n) is 2.07. The molecule has 2 aromatic rings. The first kappa shape index (κ1) is 14.2. The second-order valence-corrected chi connectivity index (χ2v) is 5.60. The average molecular weight is 278 g/mol. The Morgan fingerprint density at radius 3 is 2.95 bits per heavy atom. The van der Waals surface area contributed by atoms with Crippen molar-refractivity contribution in [1.82, 2.24) is 10.3 Å². The topological polar surface area (TPSA) is 24.9 Å². The van der Waals surface area contributed by atoms with Crippen molar-refractivity contribution in [2.24, 2.45) is 0 Å². The number of hydrogen-bond acceptors (Lipinski definition) is 3. The average Bonchev–Trinajstić information content (AvgIpc) is 2.92. The summed E-state index contributed by atoms with van der Waals surface area (Å²) in [5, 5.41) is 3.51. The van der Waals surface area contributed by atoms with Crippen LogP contribution >= 0.6 is 11.3 Å². The molecule has 2 rings (SSSR count). The van der Waals surface area contributed by atoms with E-state index in [9.17, 15) is 4.39 Å². The summed E-state index contributed by atoms with van der Waals surface area (Å²) >= 11 is 1.64. The largest absolute Gasteiger partial charge is 0.309 e. The Morgan fingerprint density at radius 1 is 1.42 bits per heavy atom. The van der Waals surface area contributed by atoms with Gasteiger partial charge in [0.25, 0.3) is 0 Å². The van der Waals surface area contributed by atoms with Gasteiger partial charge >= 0.3 is 0 Å². The van der Waals surface area contributed by atoms with Crippen LogP contribution < -0.4 is 5.32 Å². The Bertz CT molecular complexity index is 511. The van der Waals surface area contributed by atoms with Gasteiger partial charge in [0.2, 0.25) is 0 Å². The molecule has 1 aromatic heterocycles. The van der Waals surface area contributed by atoms with Crippen LogP contribution in [0.4, 0.5) is 4.39 Å². The molecule has 0 bridgehead atoms. The van der Waals surface area contributed by atoms with Crippen molar-refractivity contribution in [1.29, 1.82) is 0 Å². The maximum Gasteiger partial charge on any atom is 0.123 e. The van der Waals surface area contributed by atoms with E-state index in [1.165, 1.54) is 10.9 Å². The van der Waals surface area contributed by atoms with E-state index in [-0.39, 0.29) is 11.9 Å². The van der Waals surface area contributed by atoms with Gasteiger partial charge in [-0.15, -0.1) is 11.3 Å². The molecule has 0 aliphatic rings. The molecule has 19 heavy (non-hydrogen) atoms. The van der Waals surface area contributed by atoms with Crippen LogP contribution in [0.3, 0.4) is 0 Å². The Labute approximate surface area is 117 Å². The number of aromatic nitrogens is 1. The normalized spacial score (nSPS) is 12.6. The van der Waals surface area contributed by atoms with Crippen molar-refractivity contribution in [3.05, 3.63) is 51.7 Å². The smallest absolute Gasteiger partial charge is 0.123 e. The lowest BCUT2D eigenvalue weighted by Gasteiger charge is -2.18. The Balaban J connectivity index is 2.17. The van der Waals surface area contributed by atoms with Crippen LogP contribution in [0.2, 0.25) is 0 Å². The summed E-state index contributed by atoms with van der Waals surface area (Å²) in [6.45, 7) is 5.12. The van der Waals surface area contributed by atoms with Crippen LogP contribution in [-0.4, -0.2) is 11.5 Å². The van der Waals surface area contributed by atoms with Crippen LogP contribution in [0, 0.1) is 12.7 Å². The van der Waals surface area contributed by atoms with E-state index < -0.39 is 0 Å². The monoisotopic (exact) mass is 278 g/mol. The minimum absolute atomic E-state index is 0.167. The highest BCUT2D eigenvalue weighted by atomic mass is 32.1. The molecule has 4 heteroatoms. The first-order chi connectivity index (χ1) is 9.20. The first-order valence-electron chi connectivity index (χ1n) is 6.57. The molecule has 1 aromatic carbocycles. The van der Waals surface area contributed by atoms with Crippen LogP contribution in [0.5, 0.6) is 0 Å². The predicted molar refractivity (Wildman–Crippen MR) is 78.0 cm³/mol. The van der Waals surface area contributed by atoms with Gasteiger partial charge in [-0.2, -0.15) is 0 Å². The summed E-state index contributed by atoms with van der Waals surface area (Å²) in [6.07, 6.45) is 3.77. The zero-order chi connectivity index (χ0) is 13.7. The summed E-state index contributed by atoms with van der Waals surface area (Å²) in [4.78, 5) is 5.34.